The first kappa shape index (κ1) is 27.4. The maximum atomic E-state index is 13.3. The first-order valence-corrected chi connectivity index (χ1v) is 15.3. The molecule has 5 aliphatic rings. The number of fused-ring (bicyclic) bond motifs is 1. The molecule has 4 bridgehead atoms. The summed E-state index contributed by atoms with van der Waals surface area (Å²) in [6.45, 7) is 8.83. The number of halogens is 1. The Kier molecular flexibility index (Phi) is 8.28. The summed E-state index contributed by atoms with van der Waals surface area (Å²) >= 11 is 6.17. The summed E-state index contributed by atoms with van der Waals surface area (Å²) in [5.74, 6) is 3.51. The van der Waals surface area contributed by atoms with Crippen molar-refractivity contribution in [1.82, 2.24) is 10.2 Å². The van der Waals surface area contributed by atoms with Crippen LogP contribution in [0.25, 0.3) is 0 Å². The SMILES string of the molecule is C=C(/C=C\C(=C/C)NC12CC3CC(CC(C3)C1)C2)[C@H]1c2ccc(OC)cc2C[C@H](CCCC)N1C(=O)CCl. The van der Waals surface area contributed by atoms with Crippen LogP contribution in [0.5, 0.6) is 5.75 Å². The van der Waals surface area contributed by atoms with Gasteiger partial charge in [0, 0.05) is 17.3 Å². The molecule has 1 amide bonds. The third kappa shape index (κ3) is 5.43. The van der Waals surface area contributed by atoms with Crippen LogP contribution in [0.3, 0.4) is 0 Å². The lowest BCUT2D eigenvalue weighted by atomic mass is 9.53. The average molecular weight is 537 g/mol. The highest BCUT2D eigenvalue weighted by atomic mass is 35.5. The molecular formula is C33H45ClN2O2. The summed E-state index contributed by atoms with van der Waals surface area (Å²) in [6.07, 6.45) is 18.7. The smallest absolute Gasteiger partial charge is 0.238 e. The molecule has 1 aliphatic heterocycles. The molecule has 1 aromatic rings. The summed E-state index contributed by atoms with van der Waals surface area (Å²) in [7, 11) is 1.71. The van der Waals surface area contributed by atoms with Gasteiger partial charge >= 0.3 is 0 Å². The van der Waals surface area contributed by atoms with Gasteiger partial charge in [-0.3, -0.25) is 4.79 Å². The highest BCUT2D eigenvalue weighted by Gasteiger charge is 2.51. The largest absolute Gasteiger partial charge is 0.497 e. The molecule has 0 aromatic heterocycles. The van der Waals surface area contributed by atoms with Crippen LogP contribution in [0.4, 0.5) is 0 Å². The number of hydrogen-bond donors (Lipinski definition) is 1. The van der Waals surface area contributed by atoms with E-state index in [4.69, 9.17) is 16.3 Å². The molecule has 4 aliphatic carbocycles. The van der Waals surface area contributed by atoms with Crippen molar-refractivity contribution in [2.24, 2.45) is 17.8 Å². The molecule has 206 valence electrons. The molecule has 1 aromatic carbocycles. The predicted molar refractivity (Wildman–Crippen MR) is 156 cm³/mol. The molecule has 4 nitrogen and oxygen atoms in total. The van der Waals surface area contributed by atoms with Crippen molar-refractivity contribution in [3.05, 3.63) is 65.4 Å². The quantitative estimate of drug-likeness (QED) is 0.249. The summed E-state index contributed by atoms with van der Waals surface area (Å²) in [6, 6.07) is 6.10. The van der Waals surface area contributed by atoms with E-state index in [1.165, 1.54) is 44.1 Å². The van der Waals surface area contributed by atoms with Crippen LogP contribution < -0.4 is 10.1 Å². The minimum absolute atomic E-state index is 0.0186. The van der Waals surface area contributed by atoms with Crippen LogP contribution in [0.15, 0.2) is 54.3 Å². The second-order valence-corrected chi connectivity index (χ2v) is 12.6. The van der Waals surface area contributed by atoms with Gasteiger partial charge in [-0.15, -0.1) is 11.6 Å². The lowest BCUT2D eigenvalue weighted by Gasteiger charge is -2.57. The van der Waals surface area contributed by atoms with Crippen molar-refractivity contribution in [3.8, 4) is 5.75 Å². The third-order valence-electron chi connectivity index (χ3n) is 9.65. The number of allylic oxidation sites excluding steroid dienone is 2. The summed E-state index contributed by atoms with van der Waals surface area (Å²) in [5, 5.41) is 4.00. The summed E-state index contributed by atoms with van der Waals surface area (Å²) in [4.78, 5) is 15.3. The minimum atomic E-state index is -0.230. The zero-order chi connectivity index (χ0) is 26.9. The Labute approximate surface area is 234 Å². The molecule has 0 radical (unpaired) electrons. The normalized spacial score (nSPS) is 31.9. The van der Waals surface area contributed by atoms with Crippen molar-refractivity contribution in [2.45, 2.75) is 95.7 Å². The number of carbonyl (C=O) groups is 1. The fourth-order valence-electron chi connectivity index (χ4n) is 8.41. The number of nitrogens with zero attached hydrogens (tertiary/aromatic N) is 1. The molecule has 0 spiro atoms. The van der Waals surface area contributed by atoms with Gasteiger partial charge in [-0.25, -0.2) is 0 Å². The summed E-state index contributed by atoms with van der Waals surface area (Å²) < 4.78 is 5.54. The van der Waals surface area contributed by atoms with Gasteiger partial charge < -0.3 is 15.0 Å². The monoisotopic (exact) mass is 536 g/mol. The lowest BCUT2D eigenvalue weighted by molar-refractivity contribution is -0.133. The lowest BCUT2D eigenvalue weighted by Crippen LogP contribution is -2.57. The van der Waals surface area contributed by atoms with Crippen LogP contribution in [0.2, 0.25) is 0 Å². The Hall–Kier alpha value is -2.20. The number of amides is 1. The molecule has 2 atom stereocenters. The van der Waals surface area contributed by atoms with Gasteiger partial charge in [-0.05, 0) is 111 Å². The maximum Gasteiger partial charge on any atom is 0.238 e. The van der Waals surface area contributed by atoms with Crippen LogP contribution in [0, 0.1) is 17.8 Å². The van der Waals surface area contributed by atoms with Gasteiger partial charge in [-0.1, -0.05) is 44.6 Å². The first-order valence-electron chi connectivity index (χ1n) is 14.7. The van der Waals surface area contributed by atoms with Gasteiger partial charge in [0.15, 0.2) is 0 Å². The number of carbonyl (C=O) groups excluding carboxylic acids is 1. The number of hydrogen-bond acceptors (Lipinski definition) is 3. The van der Waals surface area contributed by atoms with Crippen molar-refractivity contribution >= 4 is 17.5 Å². The van der Waals surface area contributed by atoms with E-state index < -0.39 is 0 Å². The topological polar surface area (TPSA) is 41.6 Å². The molecule has 4 saturated carbocycles. The van der Waals surface area contributed by atoms with Crippen LogP contribution in [-0.2, 0) is 11.2 Å². The molecular weight excluding hydrogens is 492 g/mol. The van der Waals surface area contributed by atoms with Crippen molar-refractivity contribution in [2.75, 3.05) is 13.0 Å². The zero-order valence-electron chi connectivity index (χ0n) is 23.5. The molecule has 0 saturated heterocycles. The van der Waals surface area contributed by atoms with Crippen LogP contribution in [0.1, 0.15) is 88.8 Å². The molecule has 1 N–H and O–H groups in total. The van der Waals surface area contributed by atoms with Crippen molar-refractivity contribution in [3.63, 3.8) is 0 Å². The second-order valence-electron chi connectivity index (χ2n) is 12.4. The second kappa shape index (κ2) is 11.5. The Morgan fingerprint density at radius 1 is 1.18 bits per heavy atom. The fraction of sp³-hybridized carbons (Fsp3) is 0.606. The van der Waals surface area contributed by atoms with Crippen molar-refractivity contribution in [1.29, 1.82) is 0 Å². The Bertz CT molecular complexity index is 1070. The molecule has 6 rings (SSSR count). The minimum Gasteiger partial charge on any atom is -0.497 e. The Morgan fingerprint density at radius 3 is 2.45 bits per heavy atom. The van der Waals surface area contributed by atoms with Gasteiger partial charge in [0.1, 0.15) is 11.6 Å². The van der Waals surface area contributed by atoms with E-state index in [2.05, 4.69) is 56.1 Å². The number of unbranched alkanes of at least 4 members (excludes halogenated alkanes) is 1. The van der Waals surface area contributed by atoms with E-state index in [1.807, 2.05) is 11.0 Å². The van der Waals surface area contributed by atoms with E-state index in [0.717, 1.165) is 66.0 Å². The predicted octanol–water partition coefficient (Wildman–Crippen LogP) is 7.49. The van der Waals surface area contributed by atoms with Gasteiger partial charge in [0.25, 0.3) is 0 Å². The Morgan fingerprint density at radius 2 is 1.87 bits per heavy atom. The molecule has 0 unspecified atom stereocenters. The number of alkyl halides is 1. The number of methoxy groups -OCH3 is 1. The van der Waals surface area contributed by atoms with Crippen molar-refractivity contribution < 1.29 is 9.53 Å². The van der Waals surface area contributed by atoms with E-state index in [-0.39, 0.29) is 29.4 Å². The van der Waals surface area contributed by atoms with E-state index in [0.29, 0.717) is 0 Å². The standard InChI is InChI=1S/C33H45ClN2O2/c1-5-7-8-28-16-26-17-29(38-4)11-12-30(26)32(36(28)31(37)21-34)22(3)9-10-27(6-2)35-33-18-23-13-24(19-33)15-25(14-23)20-33/h6,9-12,17,23-25,28,32,35H,3,5,7-8,13-16,18-21H2,1-2,4H3/b10-9-,27-6+/t23?,24?,25?,28-,32-,33?/m0/s1. The highest BCUT2D eigenvalue weighted by Crippen LogP contribution is 2.56. The third-order valence-corrected chi connectivity index (χ3v) is 9.88. The molecule has 4 fully saturated rings. The van der Waals surface area contributed by atoms with E-state index in [9.17, 15) is 4.79 Å². The zero-order valence-corrected chi connectivity index (χ0v) is 24.2. The number of ether oxygens (including phenoxy) is 1. The Balaban J connectivity index is 1.41. The number of rotatable bonds is 10. The maximum absolute atomic E-state index is 13.3. The molecule has 5 heteroatoms. The number of nitrogens with one attached hydrogen (secondary N) is 1. The van der Waals surface area contributed by atoms with E-state index >= 15 is 0 Å². The summed E-state index contributed by atoms with van der Waals surface area (Å²) in [5.41, 5.74) is 4.70. The first-order chi connectivity index (χ1) is 18.4. The fourth-order valence-corrected chi connectivity index (χ4v) is 8.55. The van der Waals surface area contributed by atoms with E-state index in [1.54, 1.807) is 7.11 Å². The van der Waals surface area contributed by atoms with Gasteiger partial charge in [-0.2, -0.15) is 0 Å². The van der Waals surface area contributed by atoms with Crippen LogP contribution in [-0.4, -0.2) is 35.4 Å². The molecule has 1 heterocycles. The van der Waals surface area contributed by atoms with Crippen LogP contribution >= 0.6 is 11.6 Å². The highest BCUT2D eigenvalue weighted by molar-refractivity contribution is 6.27. The van der Waals surface area contributed by atoms with Gasteiger partial charge in [0.2, 0.25) is 5.91 Å². The van der Waals surface area contributed by atoms with Gasteiger partial charge in [0.05, 0.1) is 13.2 Å². The molecule has 38 heavy (non-hydrogen) atoms. The average Bonchev–Trinajstić information content (AvgIpc) is 2.91. The number of benzene rings is 1.